The number of nitriles is 1. The molecule has 0 bridgehead atoms. The van der Waals surface area contributed by atoms with Gasteiger partial charge < -0.3 is 4.74 Å². The van der Waals surface area contributed by atoms with E-state index in [1.165, 1.54) is 11.3 Å². The highest BCUT2D eigenvalue weighted by Crippen LogP contribution is 2.35. The van der Waals surface area contributed by atoms with E-state index in [2.05, 4.69) is 11.1 Å². The highest BCUT2D eigenvalue weighted by atomic mass is 35.5. The number of benzene rings is 1. The monoisotopic (exact) mass is 456 g/mol. The van der Waals surface area contributed by atoms with E-state index in [1.807, 2.05) is 35.7 Å². The van der Waals surface area contributed by atoms with Gasteiger partial charge in [-0.1, -0.05) is 41.6 Å². The average Bonchev–Trinajstić information content (AvgIpc) is 3.27. The number of ketones is 1. The van der Waals surface area contributed by atoms with Crippen molar-refractivity contribution in [1.29, 1.82) is 5.26 Å². The Bertz CT molecular complexity index is 1090. The van der Waals surface area contributed by atoms with Gasteiger partial charge in [0.25, 0.3) is 0 Å². The van der Waals surface area contributed by atoms with E-state index in [9.17, 15) is 14.9 Å². The Morgan fingerprint density at radius 3 is 2.67 bits per heavy atom. The number of Topliss-reactive ketones (excluding diaryl/α,β-unsaturated/α-hetero) is 1. The summed E-state index contributed by atoms with van der Waals surface area (Å²) in [6.45, 7) is 1.92. The smallest absolute Gasteiger partial charge is 0.313 e. The Balaban J connectivity index is 1.97. The largest absolute Gasteiger partial charge is 0.466 e. The Labute approximate surface area is 187 Å². The summed E-state index contributed by atoms with van der Waals surface area (Å²) < 4.78 is 4.82. The molecule has 0 aliphatic rings. The summed E-state index contributed by atoms with van der Waals surface area (Å²) >= 11 is 8.70. The number of carbonyl (C=O) groups is 2. The molecular weight excluding hydrogens is 440 g/mol. The number of nitrogens with zero attached hydrogens (tertiary/aromatic N) is 2. The summed E-state index contributed by atoms with van der Waals surface area (Å²) in [6.07, 6.45) is -0.294. The number of carbonyl (C=O) groups excluding carboxylic acids is 2. The van der Waals surface area contributed by atoms with Crippen LogP contribution in [-0.2, 0) is 14.3 Å². The van der Waals surface area contributed by atoms with Crippen molar-refractivity contribution in [3.05, 3.63) is 58.4 Å². The van der Waals surface area contributed by atoms with Crippen molar-refractivity contribution in [1.82, 2.24) is 4.98 Å². The molecule has 0 amide bonds. The second-order valence-corrected chi connectivity index (χ2v) is 8.49. The number of ether oxygens (including phenoxy) is 1. The molecule has 2 aromatic heterocycles. The van der Waals surface area contributed by atoms with E-state index < -0.39 is 5.97 Å². The van der Waals surface area contributed by atoms with E-state index in [0.717, 1.165) is 22.2 Å². The fraction of sp³-hybridized carbons (Fsp3) is 0.182. The summed E-state index contributed by atoms with van der Waals surface area (Å²) in [4.78, 5) is 29.3. The number of esters is 1. The number of pyridine rings is 1. The molecule has 30 heavy (non-hydrogen) atoms. The first-order valence-corrected chi connectivity index (χ1v) is 11.3. The fourth-order valence-electron chi connectivity index (χ4n) is 2.71. The number of halogens is 1. The molecule has 2 heterocycles. The standard InChI is InChI=1S/C22H17ClN2O3S2/c1-2-28-21(27)10-16(26)13-30-22-18(12-24)17(14-5-7-15(23)8-6-14)11-19(25-22)20-4-3-9-29-20/h3-9,11H,2,10,13H2,1H3. The molecule has 5 nitrogen and oxygen atoms in total. The second kappa shape index (κ2) is 10.4. The molecular formula is C22H17ClN2O3S2. The number of hydrogen-bond donors (Lipinski definition) is 0. The van der Waals surface area contributed by atoms with E-state index >= 15 is 0 Å². The lowest BCUT2D eigenvalue weighted by Gasteiger charge is -2.12. The van der Waals surface area contributed by atoms with Crippen LogP contribution in [0.5, 0.6) is 0 Å². The van der Waals surface area contributed by atoms with Gasteiger partial charge in [-0.05, 0) is 42.1 Å². The summed E-state index contributed by atoms with van der Waals surface area (Å²) in [6, 6.07) is 15.2. The van der Waals surface area contributed by atoms with Gasteiger partial charge in [0.15, 0.2) is 5.78 Å². The van der Waals surface area contributed by atoms with Crippen molar-refractivity contribution in [2.24, 2.45) is 0 Å². The fourth-order valence-corrected chi connectivity index (χ4v) is 4.39. The van der Waals surface area contributed by atoms with Crippen LogP contribution in [0, 0.1) is 11.3 Å². The average molecular weight is 457 g/mol. The Morgan fingerprint density at radius 2 is 2.03 bits per heavy atom. The minimum atomic E-state index is -0.550. The topological polar surface area (TPSA) is 80.1 Å². The van der Waals surface area contributed by atoms with Gasteiger partial charge in [-0.3, -0.25) is 9.59 Å². The molecule has 0 saturated heterocycles. The molecule has 0 spiro atoms. The van der Waals surface area contributed by atoms with Crippen molar-refractivity contribution in [3.63, 3.8) is 0 Å². The maximum absolute atomic E-state index is 12.2. The van der Waals surface area contributed by atoms with Crippen LogP contribution in [0.4, 0.5) is 0 Å². The van der Waals surface area contributed by atoms with Crippen LogP contribution >= 0.6 is 34.7 Å². The molecule has 0 N–H and O–H groups in total. The lowest BCUT2D eigenvalue weighted by molar-refractivity contribution is -0.145. The summed E-state index contributed by atoms with van der Waals surface area (Å²) in [5, 5.41) is 12.8. The zero-order valence-corrected chi connectivity index (χ0v) is 18.4. The van der Waals surface area contributed by atoms with Gasteiger partial charge in [-0.15, -0.1) is 11.3 Å². The quantitative estimate of drug-likeness (QED) is 0.249. The van der Waals surface area contributed by atoms with Crippen LogP contribution in [0.3, 0.4) is 0 Å². The maximum Gasteiger partial charge on any atom is 0.313 e. The SMILES string of the molecule is CCOC(=O)CC(=O)CSc1nc(-c2cccs2)cc(-c2ccc(Cl)cc2)c1C#N. The van der Waals surface area contributed by atoms with Crippen molar-refractivity contribution in [2.45, 2.75) is 18.4 Å². The number of hydrogen-bond acceptors (Lipinski definition) is 7. The van der Waals surface area contributed by atoms with E-state index in [1.54, 1.807) is 19.1 Å². The van der Waals surface area contributed by atoms with Crippen LogP contribution in [0.25, 0.3) is 21.7 Å². The van der Waals surface area contributed by atoms with Crippen LogP contribution in [-0.4, -0.2) is 29.1 Å². The highest BCUT2D eigenvalue weighted by molar-refractivity contribution is 8.00. The van der Waals surface area contributed by atoms with Gasteiger partial charge in [0.05, 0.1) is 28.5 Å². The summed E-state index contributed by atoms with van der Waals surface area (Å²) in [7, 11) is 0. The van der Waals surface area contributed by atoms with E-state index in [0.29, 0.717) is 26.9 Å². The number of thiophene rings is 1. The van der Waals surface area contributed by atoms with Crippen LogP contribution in [0.1, 0.15) is 18.9 Å². The van der Waals surface area contributed by atoms with Crippen LogP contribution in [0.15, 0.2) is 52.9 Å². The molecule has 0 aliphatic carbocycles. The number of rotatable bonds is 8. The molecule has 0 unspecified atom stereocenters. The zero-order valence-electron chi connectivity index (χ0n) is 16.1. The predicted octanol–water partition coefficient (Wildman–Crippen LogP) is 5.62. The molecule has 152 valence electrons. The molecule has 0 aliphatic heterocycles. The van der Waals surface area contributed by atoms with E-state index in [-0.39, 0.29) is 24.6 Å². The summed E-state index contributed by atoms with van der Waals surface area (Å²) in [5.41, 5.74) is 2.64. The lowest BCUT2D eigenvalue weighted by atomic mass is 10.0. The molecule has 3 aromatic rings. The summed E-state index contributed by atoms with van der Waals surface area (Å²) in [5.74, 6) is -0.807. The zero-order chi connectivity index (χ0) is 21.5. The molecule has 0 saturated carbocycles. The first-order valence-electron chi connectivity index (χ1n) is 9.07. The van der Waals surface area contributed by atoms with Gasteiger partial charge >= 0.3 is 5.97 Å². The Morgan fingerprint density at radius 1 is 1.27 bits per heavy atom. The van der Waals surface area contributed by atoms with Crippen LogP contribution in [0.2, 0.25) is 5.02 Å². The number of thioether (sulfide) groups is 1. The Kier molecular flexibility index (Phi) is 7.63. The minimum absolute atomic E-state index is 0.0223. The van der Waals surface area contributed by atoms with Crippen LogP contribution < -0.4 is 0 Å². The van der Waals surface area contributed by atoms with Crippen molar-refractivity contribution >= 4 is 46.5 Å². The molecule has 0 fully saturated rings. The van der Waals surface area contributed by atoms with Crippen molar-refractivity contribution in [3.8, 4) is 27.8 Å². The maximum atomic E-state index is 12.2. The normalized spacial score (nSPS) is 10.4. The highest BCUT2D eigenvalue weighted by Gasteiger charge is 2.18. The Hall–Kier alpha value is -2.66. The van der Waals surface area contributed by atoms with Crippen molar-refractivity contribution in [2.75, 3.05) is 12.4 Å². The third-order valence-electron chi connectivity index (χ3n) is 4.04. The van der Waals surface area contributed by atoms with E-state index in [4.69, 9.17) is 16.3 Å². The van der Waals surface area contributed by atoms with Gasteiger partial charge in [0, 0.05) is 10.6 Å². The first kappa shape index (κ1) is 22.0. The first-order chi connectivity index (χ1) is 14.5. The minimum Gasteiger partial charge on any atom is -0.466 e. The molecule has 3 rings (SSSR count). The van der Waals surface area contributed by atoms with Gasteiger partial charge in [0.2, 0.25) is 0 Å². The van der Waals surface area contributed by atoms with Gasteiger partial charge in [0.1, 0.15) is 17.5 Å². The molecule has 8 heteroatoms. The van der Waals surface area contributed by atoms with Gasteiger partial charge in [-0.25, -0.2) is 4.98 Å². The predicted molar refractivity (Wildman–Crippen MR) is 120 cm³/mol. The third-order valence-corrected chi connectivity index (χ3v) is 6.22. The molecule has 0 radical (unpaired) electrons. The van der Waals surface area contributed by atoms with Gasteiger partial charge in [-0.2, -0.15) is 5.26 Å². The molecule has 1 aromatic carbocycles. The number of aromatic nitrogens is 1. The molecule has 0 atom stereocenters. The lowest BCUT2D eigenvalue weighted by Crippen LogP contribution is -2.13. The van der Waals surface area contributed by atoms with Crippen molar-refractivity contribution < 1.29 is 14.3 Å². The second-order valence-electron chi connectivity index (χ2n) is 6.14. The third kappa shape index (κ3) is 5.48.